The van der Waals surface area contributed by atoms with Crippen LogP contribution in [0.1, 0.15) is 8.35 Å². The van der Waals surface area contributed by atoms with E-state index in [4.69, 9.17) is 14.9 Å². The molecule has 14 heavy (non-hydrogen) atoms. The van der Waals surface area contributed by atoms with Gasteiger partial charge in [0.2, 0.25) is 0 Å². The van der Waals surface area contributed by atoms with Crippen LogP contribution in [0.5, 0.6) is 11.5 Å². The molecule has 0 fully saturated rings. The summed E-state index contributed by atoms with van der Waals surface area (Å²) in [5, 5.41) is 17.5. The van der Waals surface area contributed by atoms with E-state index >= 15 is 0 Å². The van der Waals surface area contributed by atoms with Crippen LogP contribution in [-0.4, -0.2) is 22.3 Å². The molecule has 1 atom stereocenters. The first-order valence-electron chi connectivity index (χ1n) is 3.78. The Bertz CT molecular complexity index is 301. The predicted molar refractivity (Wildman–Crippen MR) is 46.9 cm³/mol. The van der Waals surface area contributed by atoms with E-state index in [9.17, 15) is 4.79 Å². The quantitative estimate of drug-likeness (QED) is 0.582. The molecule has 0 aliphatic heterocycles. The number of hydrogen-bond acceptors (Lipinski definition) is 3. The topological polar surface area (TPSA) is 66.8 Å². The third-order valence-electron chi connectivity index (χ3n) is 1.50. The van der Waals surface area contributed by atoms with E-state index in [1.54, 1.807) is 0 Å². The number of benzene rings is 1. The summed E-state index contributed by atoms with van der Waals surface area (Å²) in [4.78, 5) is 10.4. The number of carboxylic acids is 1. The van der Waals surface area contributed by atoms with Crippen LogP contribution in [0.4, 0.5) is 0 Å². The zero-order chi connectivity index (χ0) is 9.84. The van der Waals surface area contributed by atoms with Crippen molar-refractivity contribution in [3.05, 3.63) is 24.3 Å². The number of carbonyl (C=O) groups is 1. The first-order chi connectivity index (χ1) is 6.09. The number of hydrogen-bond donors (Lipinski definition) is 2. The summed E-state index contributed by atoms with van der Waals surface area (Å²) in [6.07, 6.45) is -0.885. The fraction of sp³-hybridized carbons (Fsp3) is 0.222. The van der Waals surface area contributed by atoms with Gasteiger partial charge in [-0.05, 0) is 31.2 Å². The average molecular weight is 206 g/mol. The number of ether oxygens (including phenoxy) is 1. The van der Waals surface area contributed by atoms with Gasteiger partial charge in [0.1, 0.15) is 11.5 Å². The monoisotopic (exact) mass is 206 g/mol. The van der Waals surface area contributed by atoms with Crippen molar-refractivity contribution in [3.63, 3.8) is 0 Å². The van der Waals surface area contributed by atoms with Crippen LogP contribution in [-0.2, 0) is 4.79 Å². The second kappa shape index (κ2) is 5.90. The second-order valence-electron chi connectivity index (χ2n) is 2.59. The first kappa shape index (κ1) is 13.3. The van der Waals surface area contributed by atoms with Gasteiger partial charge in [-0.25, -0.2) is 4.79 Å². The summed E-state index contributed by atoms with van der Waals surface area (Å²) in [5.41, 5.74) is 0. The van der Waals surface area contributed by atoms with Crippen molar-refractivity contribution in [3.8, 4) is 11.5 Å². The maximum atomic E-state index is 10.4. The zero-order valence-electron chi connectivity index (χ0n) is 9.10. The van der Waals surface area contributed by atoms with Gasteiger partial charge in [0.25, 0.3) is 0 Å². The summed E-state index contributed by atoms with van der Waals surface area (Å²) in [6.45, 7) is 1.44. The molecule has 0 saturated heterocycles. The number of phenolic OH excluding ortho intramolecular Hbond substituents is 1. The molecule has 0 saturated carbocycles. The van der Waals surface area contributed by atoms with Crippen LogP contribution in [0, 0.1) is 0 Å². The molecule has 0 unspecified atom stereocenters. The summed E-state index contributed by atoms with van der Waals surface area (Å²) < 4.78 is 5.02. The first-order valence-corrected chi connectivity index (χ1v) is 3.78. The molecule has 2 N–H and O–H groups in total. The minimum atomic E-state index is -1.02. The molecule has 0 amide bonds. The molecule has 0 bridgehead atoms. The molecule has 4 nitrogen and oxygen atoms in total. The molecule has 0 aliphatic carbocycles. The Labute approximate surface area is 105 Å². The Morgan fingerprint density at radius 3 is 2.36 bits per heavy atom. The van der Waals surface area contributed by atoms with Gasteiger partial charge in [-0.1, -0.05) is 0 Å². The second-order valence-corrected chi connectivity index (χ2v) is 2.59. The third kappa shape index (κ3) is 4.00. The van der Waals surface area contributed by atoms with E-state index in [-0.39, 0.29) is 36.7 Å². The van der Waals surface area contributed by atoms with Gasteiger partial charge >= 0.3 is 35.5 Å². The maximum absolute atomic E-state index is 10.4. The number of aromatic hydroxyl groups is 1. The fourth-order valence-corrected chi connectivity index (χ4v) is 0.779. The molecule has 0 aromatic heterocycles. The molecule has 1 aromatic rings. The molecule has 1 aromatic carbocycles. The molecular formula is C9H11NaO4. The third-order valence-corrected chi connectivity index (χ3v) is 1.50. The average Bonchev–Trinajstić information content (AvgIpc) is 2.08. The van der Waals surface area contributed by atoms with Crippen LogP contribution >= 0.6 is 0 Å². The van der Waals surface area contributed by atoms with E-state index in [1.807, 2.05) is 0 Å². The van der Waals surface area contributed by atoms with Crippen LogP contribution in [0.15, 0.2) is 24.3 Å². The van der Waals surface area contributed by atoms with Crippen molar-refractivity contribution in [2.24, 2.45) is 0 Å². The van der Waals surface area contributed by atoms with E-state index in [1.165, 1.54) is 31.2 Å². The fourth-order valence-electron chi connectivity index (χ4n) is 0.779. The van der Waals surface area contributed by atoms with E-state index < -0.39 is 12.1 Å². The Balaban J connectivity index is 0. The van der Waals surface area contributed by atoms with Gasteiger partial charge in [0.05, 0.1) is 0 Å². The van der Waals surface area contributed by atoms with Gasteiger partial charge in [0.15, 0.2) is 6.10 Å². The smallest absolute Gasteiger partial charge is 1.00 e. The van der Waals surface area contributed by atoms with E-state index in [0.717, 1.165) is 0 Å². The van der Waals surface area contributed by atoms with Crippen LogP contribution in [0.3, 0.4) is 0 Å². The van der Waals surface area contributed by atoms with Gasteiger partial charge in [0, 0.05) is 0 Å². The number of phenols is 1. The van der Waals surface area contributed by atoms with Crippen molar-refractivity contribution in [2.75, 3.05) is 0 Å². The summed E-state index contributed by atoms with van der Waals surface area (Å²) in [7, 11) is 0. The van der Waals surface area contributed by atoms with Gasteiger partial charge in [-0.15, -0.1) is 0 Å². The van der Waals surface area contributed by atoms with Gasteiger partial charge < -0.3 is 16.4 Å². The number of aliphatic carboxylic acids is 1. The van der Waals surface area contributed by atoms with Crippen molar-refractivity contribution in [1.82, 2.24) is 0 Å². The molecule has 0 heterocycles. The summed E-state index contributed by atoms with van der Waals surface area (Å²) in [6, 6.07) is 5.89. The summed E-state index contributed by atoms with van der Waals surface area (Å²) in [5.74, 6) is -0.476. The number of carboxylic acid groups (broad SMARTS) is 1. The van der Waals surface area contributed by atoms with E-state index in [2.05, 4.69) is 0 Å². The van der Waals surface area contributed by atoms with Crippen molar-refractivity contribution in [1.29, 1.82) is 0 Å². The Morgan fingerprint density at radius 2 is 1.93 bits per heavy atom. The molecular weight excluding hydrogens is 195 g/mol. The van der Waals surface area contributed by atoms with Crippen LogP contribution in [0.2, 0.25) is 0 Å². The zero-order valence-corrected chi connectivity index (χ0v) is 10.1. The van der Waals surface area contributed by atoms with Crippen molar-refractivity contribution < 1.29 is 50.7 Å². The Hall–Kier alpha value is -0.710. The Kier molecular flexibility index (Phi) is 5.60. The normalized spacial score (nSPS) is 11.2. The molecule has 0 aliphatic rings. The molecule has 5 heteroatoms. The van der Waals surface area contributed by atoms with Crippen molar-refractivity contribution in [2.45, 2.75) is 13.0 Å². The molecule has 1 rings (SSSR count). The Morgan fingerprint density at radius 1 is 1.43 bits per heavy atom. The molecule has 0 radical (unpaired) electrons. The van der Waals surface area contributed by atoms with Crippen molar-refractivity contribution >= 4 is 5.97 Å². The molecule has 72 valence electrons. The SMILES string of the molecule is C[C@@H](Oc1ccc(O)cc1)C(=O)O.[H-].[Na+]. The van der Waals surface area contributed by atoms with Gasteiger partial charge in [-0.2, -0.15) is 0 Å². The minimum absolute atomic E-state index is 0. The van der Waals surface area contributed by atoms with Crippen LogP contribution < -0.4 is 34.3 Å². The van der Waals surface area contributed by atoms with Gasteiger partial charge in [-0.3, -0.25) is 0 Å². The van der Waals surface area contributed by atoms with E-state index in [0.29, 0.717) is 5.75 Å². The van der Waals surface area contributed by atoms with Crippen LogP contribution in [0.25, 0.3) is 0 Å². The number of rotatable bonds is 3. The largest absolute Gasteiger partial charge is 1.00 e. The standard InChI is InChI=1S/C9H10O4.Na.H/c1-6(9(11)12)13-8-4-2-7(10)3-5-8;;/h2-6,10H,1H3,(H,11,12);;/q;+1;-1/t6-;;/m1../s1. The summed E-state index contributed by atoms with van der Waals surface area (Å²) >= 11 is 0. The predicted octanol–water partition coefficient (Wildman–Crippen LogP) is -1.64. The minimum Gasteiger partial charge on any atom is -1.00 e. The maximum Gasteiger partial charge on any atom is 1.00 e. The molecule has 0 spiro atoms.